The molecule has 0 spiro atoms. The Kier molecular flexibility index (Phi) is 3.30. The maximum Gasteiger partial charge on any atom is 0.209 e. The zero-order valence-corrected chi connectivity index (χ0v) is 14.9. The van der Waals surface area contributed by atoms with Crippen LogP contribution >= 0.6 is 23.1 Å². The van der Waals surface area contributed by atoms with Gasteiger partial charge in [-0.05, 0) is 66.7 Å². The molecule has 0 amide bonds. The van der Waals surface area contributed by atoms with Gasteiger partial charge in [0.1, 0.15) is 0 Å². The molecule has 5 nitrogen and oxygen atoms in total. The molecule has 0 aromatic carbocycles. The van der Waals surface area contributed by atoms with Crippen LogP contribution < -0.4 is 0 Å². The molecule has 2 heterocycles. The molecule has 4 saturated carbocycles. The lowest BCUT2D eigenvalue weighted by molar-refractivity contribution is -0.00532. The summed E-state index contributed by atoms with van der Waals surface area (Å²) in [6, 6.07) is 0. The third-order valence-electron chi connectivity index (χ3n) is 5.97. The van der Waals surface area contributed by atoms with E-state index in [1.807, 2.05) is 18.4 Å². The van der Waals surface area contributed by atoms with E-state index in [0.717, 1.165) is 28.7 Å². The Hall–Kier alpha value is -0.950. The number of hydrogen-bond acceptors (Lipinski definition) is 6. The first-order valence-corrected chi connectivity index (χ1v) is 10.4. The van der Waals surface area contributed by atoms with E-state index in [1.54, 1.807) is 16.4 Å². The van der Waals surface area contributed by atoms with Gasteiger partial charge in [-0.15, -0.1) is 16.4 Å². The van der Waals surface area contributed by atoms with E-state index in [4.69, 9.17) is 4.98 Å². The number of tetrazole rings is 1. The van der Waals surface area contributed by atoms with Crippen LogP contribution in [0.3, 0.4) is 0 Å². The second-order valence-electron chi connectivity index (χ2n) is 7.72. The lowest BCUT2D eigenvalue weighted by Crippen LogP contribution is -2.48. The average molecular weight is 348 g/mol. The summed E-state index contributed by atoms with van der Waals surface area (Å²) in [7, 11) is 1.88. The van der Waals surface area contributed by atoms with Crippen molar-refractivity contribution in [1.29, 1.82) is 0 Å². The van der Waals surface area contributed by atoms with Crippen LogP contribution in [0.5, 0.6) is 0 Å². The predicted octanol–water partition coefficient (Wildman–Crippen LogP) is 3.43. The third kappa shape index (κ3) is 2.43. The molecule has 23 heavy (non-hydrogen) atoms. The van der Waals surface area contributed by atoms with Gasteiger partial charge in [-0.2, -0.15) is 0 Å². The van der Waals surface area contributed by atoms with Crippen LogP contribution in [0.1, 0.15) is 49.2 Å². The van der Waals surface area contributed by atoms with Gasteiger partial charge in [0.15, 0.2) is 0 Å². The minimum atomic E-state index is 0.425. The van der Waals surface area contributed by atoms with Crippen LogP contribution in [0.25, 0.3) is 0 Å². The van der Waals surface area contributed by atoms with Gasteiger partial charge in [0.2, 0.25) is 5.16 Å². The Balaban J connectivity index is 1.34. The highest BCUT2D eigenvalue weighted by molar-refractivity contribution is 7.98. The Bertz CT molecular complexity index is 686. The quantitative estimate of drug-likeness (QED) is 0.793. The molecule has 6 rings (SSSR count). The molecule has 122 valence electrons. The molecule has 2 aromatic heterocycles. The zero-order chi connectivity index (χ0) is 15.4. The van der Waals surface area contributed by atoms with Gasteiger partial charge < -0.3 is 0 Å². The van der Waals surface area contributed by atoms with E-state index in [2.05, 4.69) is 20.9 Å². The van der Waals surface area contributed by atoms with Crippen LogP contribution in [-0.2, 0) is 18.2 Å². The summed E-state index contributed by atoms with van der Waals surface area (Å²) in [4.78, 5) is 5.05. The minimum Gasteiger partial charge on any atom is -0.245 e. The monoisotopic (exact) mass is 347 g/mol. The van der Waals surface area contributed by atoms with Crippen molar-refractivity contribution in [2.24, 2.45) is 24.8 Å². The number of aryl methyl sites for hydroxylation is 1. The van der Waals surface area contributed by atoms with Gasteiger partial charge in [-0.1, -0.05) is 11.8 Å². The van der Waals surface area contributed by atoms with E-state index >= 15 is 0 Å². The van der Waals surface area contributed by atoms with Crippen molar-refractivity contribution in [3.8, 4) is 0 Å². The third-order valence-corrected chi connectivity index (χ3v) is 8.16. The fraction of sp³-hybridized carbons (Fsp3) is 0.750. The molecule has 7 heteroatoms. The SMILES string of the molecule is Cn1nnnc1SCc1csc(C23CC4CC(CC(C4)C2)C3)n1. The van der Waals surface area contributed by atoms with Crippen LogP contribution in [0, 0.1) is 17.8 Å². The first-order chi connectivity index (χ1) is 11.2. The fourth-order valence-electron chi connectivity index (χ4n) is 5.47. The molecule has 4 aliphatic carbocycles. The molecule has 0 N–H and O–H groups in total. The van der Waals surface area contributed by atoms with Gasteiger partial charge in [0.25, 0.3) is 0 Å². The molecule has 2 aromatic rings. The molecule has 0 radical (unpaired) electrons. The minimum absolute atomic E-state index is 0.425. The van der Waals surface area contributed by atoms with E-state index < -0.39 is 0 Å². The maximum absolute atomic E-state index is 5.05. The van der Waals surface area contributed by atoms with Crippen molar-refractivity contribution < 1.29 is 0 Å². The molecule has 4 fully saturated rings. The molecule has 4 bridgehead atoms. The lowest BCUT2D eigenvalue weighted by Gasteiger charge is -2.56. The number of hydrogen-bond donors (Lipinski definition) is 0. The van der Waals surface area contributed by atoms with Gasteiger partial charge in [-0.3, -0.25) is 0 Å². The number of rotatable bonds is 4. The maximum atomic E-state index is 5.05. The zero-order valence-electron chi connectivity index (χ0n) is 13.3. The summed E-state index contributed by atoms with van der Waals surface area (Å²) in [6.07, 6.45) is 8.66. The predicted molar refractivity (Wildman–Crippen MR) is 90.3 cm³/mol. The van der Waals surface area contributed by atoms with E-state index in [1.165, 1.54) is 49.2 Å². The normalized spacial score (nSPS) is 35.1. The molecular formula is C16H21N5S2. The Morgan fingerprint density at radius 1 is 1.22 bits per heavy atom. The Labute approximate surface area is 144 Å². The number of thioether (sulfide) groups is 1. The van der Waals surface area contributed by atoms with Crippen molar-refractivity contribution in [2.75, 3.05) is 0 Å². The number of nitrogens with zero attached hydrogens (tertiary/aromatic N) is 5. The topological polar surface area (TPSA) is 56.5 Å². The highest BCUT2D eigenvalue weighted by Gasteiger charge is 2.52. The van der Waals surface area contributed by atoms with Crippen LogP contribution in [0.4, 0.5) is 0 Å². The van der Waals surface area contributed by atoms with Gasteiger partial charge in [0, 0.05) is 23.6 Å². The Morgan fingerprint density at radius 3 is 2.52 bits per heavy atom. The smallest absolute Gasteiger partial charge is 0.209 e. The van der Waals surface area contributed by atoms with Gasteiger partial charge in [-0.25, -0.2) is 9.67 Å². The van der Waals surface area contributed by atoms with Crippen LogP contribution in [0.2, 0.25) is 0 Å². The highest BCUT2D eigenvalue weighted by Crippen LogP contribution is 2.61. The van der Waals surface area contributed by atoms with Crippen molar-refractivity contribution >= 4 is 23.1 Å². The molecule has 0 aliphatic heterocycles. The van der Waals surface area contributed by atoms with Gasteiger partial charge >= 0.3 is 0 Å². The largest absolute Gasteiger partial charge is 0.245 e. The summed E-state index contributed by atoms with van der Waals surface area (Å²) in [5.41, 5.74) is 1.61. The average Bonchev–Trinajstić information content (AvgIpc) is 3.13. The summed E-state index contributed by atoms with van der Waals surface area (Å²) in [5.74, 6) is 3.80. The molecule has 0 unspecified atom stereocenters. The second-order valence-corrected chi connectivity index (χ2v) is 9.52. The number of aromatic nitrogens is 5. The molecule has 0 saturated heterocycles. The van der Waals surface area contributed by atoms with E-state index in [9.17, 15) is 0 Å². The second kappa shape index (κ2) is 5.28. The van der Waals surface area contributed by atoms with Crippen LogP contribution in [0.15, 0.2) is 10.5 Å². The summed E-state index contributed by atoms with van der Waals surface area (Å²) in [5, 5.41) is 16.1. The molecular weight excluding hydrogens is 326 g/mol. The standard InChI is InChI=1S/C16H21N5S2/c1-21-15(18-19-20-21)23-9-13-8-22-14(17-13)16-5-10-2-11(6-16)4-12(3-10)7-16/h8,10-12H,2-7,9H2,1H3. The van der Waals surface area contributed by atoms with Crippen molar-refractivity contribution in [3.05, 3.63) is 16.1 Å². The first-order valence-electron chi connectivity index (χ1n) is 8.50. The molecule has 0 atom stereocenters. The molecule has 4 aliphatic rings. The first kappa shape index (κ1) is 14.4. The Morgan fingerprint density at radius 2 is 1.91 bits per heavy atom. The highest BCUT2D eigenvalue weighted by atomic mass is 32.2. The van der Waals surface area contributed by atoms with Gasteiger partial charge in [0.05, 0.1) is 10.7 Å². The fourth-order valence-corrected chi connectivity index (χ4v) is 7.37. The van der Waals surface area contributed by atoms with E-state index in [-0.39, 0.29) is 0 Å². The lowest BCUT2D eigenvalue weighted by atomic mass is 9.50. The summed E-state index contributed by atoms with van der Waals surface area (Å²) in [6.45, 7) is 0. The van der Waals surface area contributed by atoms with Crippen molar-refractivity contribution in [3.63, 3.8) is 0 Å². The van der Waals surface area contributed by atoms with E-state index in [0.29, 0.717) is 5.41 Å². The van der Waals surface area contributed by atoms with Crippen molar-refractivity contribution in [1.82, 2.24) is 25.2 Å². The van der Waals surface area contributed by atoms with Crippen molar-refractivity contribution in [2.45, 2.75) is 54.8 Å². The summed E-state index contributed by atoms with van der Waals surface area (Å²) >= 11 is 3.56. The number of thiazole rings is 1. The summed E-state index contributed by atoms with van der Waals surface area (Å²) < 4.78 is 1.72. The van der Waals surface area contributed by atoms with Crippen LogP contribution in [-0.4, -0.2) is 25.2 Å².